The Labute approximate surface area is 107 Å². The number of aryl methyl sites for hydroxylation is 1. The van der Waals surface area contributed by atoms with E-state index in [-0.39, 0.29) is 12.5 Å². The average Bonchev–Trinajstić information content (AvgIpc) is 2.82. The Morgan fingerprint density at radius 3 is 2.88 bits per heavy atom. The second kappa shape index (κ2) is 7.45. The average molecular weight is 255 g/mol. The SMILES string of the molecule is CCc1ccc(C(=O)NCCCC(C)CO)s1. The molecule has 1 aromatic heterocycles. The van der Waals surface area contributed by atoms with Crippen molar-refractivity contribution in [2.45, 2.75) is 33.1 Å². The van der Waals surface area contributed by atoms with Crippen molar-refractivity contribution in [1.82, 2.24) is 5.32 Å². The van der Waals surface area contributed by atoms with Crippen LogP contribution in [0.5, 0.6) is 0 Å². The van der Waals surface area contributed by atoms with Gasteiger partial charge < -0.3 is 10.4 Å². The van der Waals surface area contributed by atoms with Crippen LogP contribution in [0.2, 0.25) is 0 Å². The molecule has 96 valence electrons. The van der Waals surface area contributed by atoms with Crippen LogP contribution in [0.15, 0.2) is 12.1 Å². The summed E-state index contributed by atoms with van der Waals surface area (Å²) in [5, 5.41) is 11.8. The molecule has 0 spiro atoms. The molecule has 0 bridgehead atoms. The van der Waals surface area contributed by atoms with Crippen LogP contribution in [0.3, 0.4) is 0 Å². The topological polar surface area (TPSA) is 49.3 Å². The monoisotopic (exact) mass is 255 g/mol. The van der Waals surface area contributed by atoms with E-state index in [4.69, 9.17) is 5.11 Å². The van der Waals surface area contributed by atoms with Gasteiger partial charge in [0, 0.05) is 18.0 Å². The van der Waals surface area contributed by atoms with E-state index in [0.717, 1.165) is 24.1 Å². The lowest BCUT2D eigenvalue weighted by molar-refractivity contribution is 0.0956. The lowest BCUT2D eigenvalue weighted by atomic mass is 10.1. The Kier molecular flexibility index (Phi) is 6.22. The molecule has 3 nitrogen and oxygen atoms in total. The van der Waals surface area contributed by atoms with Crippen molar-refractivity contribution < 1.29 is 9.90 Å². The second-order valence-corrected chi connectivity index (χ2v) is 5.47. The van der Waals surface area contributed by atoms with Crippen molar-refractivity contribution in [3.63, 3.8) is 0 Å². The van der Waals surface area contributed by atoms with Gasteiger partial charge in [0.05, 0.1) is 4.88 Å². The molecule has 1 rings (SSSR count). The maximum atomic E-state index is 11.7. The highest BCUT2D eigenvalue weighted by Gasteiger charge is 2.08. The predicted octanol–water partition coefficient (Wildman–Crippen LogP) is 2.45. The predicted molar refractivity (Wildman–Crippen MR) is 71.5 cm³/mol. The fraction of sp³-hybridized carbons (Fsp3) is 0.615. The molecule has 0 aliphatic rings. The minimum absolute atomic E-state index is 0.0198. The summed E-state index contributed by atoms with van der Waals surface area (Å²) >= 11 is 1.56. The highest BCUT2D eigenvalue weighted by atomic mass is 32.1. The lowest BCUT2D eigenvalue weighted by Gasteiger charge is -2.07. The number of rotatable bonds is 7. The summed E-state index contributed by atoms with van der Waals surface area (Å²) in [7, 11) is 0. The summed E-state index contributed by atoms with van der Waals surface area (Å²) in [5.74, 6) is 0.340. The van der Waals surface area contributed by atoms with E-state index in [1.165, 1.54) is 4.88 Å². The van der Waals surface area contributed by atoms with Gasteiger partial charge in [-0.2, -0.15) is 0 Å². The highest BCUT2D eigenvalue weighted by Crippen LogP contribution is 2.16. The number of hydrogen-bond donors (Lipinski definition) is 2. The normalized spacial score (nSPS) is 12.4. The number of thiophene rings is 1. The van der Waals surface area contributed by atoms with Crippen LogP contribution in [-0.4, -0.2) is 24.2 Å². The number of nitrogens with one attached hydrogen (secondary N) is 1. The Morgan fingerprint density at radius 2 is 2.29 bits per heavy atom. The Hall–Kier alpha value is -0.870. The molecule has 1 unspecified atom stereocenters. The van der Waals surface area contributed by atoms with E-state index in [1.807, 2.05) is 19.1 Å². The van der Waals surface area contributed by atoms with Crippen LogP contribution in [0.1, 0.15) is 41.2 Å². The van der Waals surface area contributed by atoms with Crippen LogP contribution < -0.4 is 5.32 Å². The number of aliphatic hydroxyl groups excluding tert-OH is 1. The molecule has 0 aromatic carbocycles. The number of amides is 1. The molecular weight excluding hydrogens is 234 g/mol. The lowest BCUT2D eigenvalue weighted by Crippen LogP contribution is -2.24. The third-order valence-electron chi connectivity index (χ3n) is 2.70. The van der Waals surface area contributed by atoms with E-state index in [9.17, 15) is 4.79 Å². The molecule has 2 N–H and O–H groups in total. The minimum atomic E-state index is 0.0198. The number of carbonyl (C=O) groups is 1. The maximum absolute atomic E-state index is 11.7. The molecule has 1 aromatic rings. The van der Waals surface area contributed by atoms with Crippen LogP contribution >= 0.6 is 11.3 Å². The molecule has 0 aliphatic carbocycles. The minimum Gasteiger partial charge on any atom is -0.396 e. The van der Waals surface area contributed by atoms with Gasteiger partial charge in [0.1, 0.15) is 0 Å². The number of hydrogen-bond acceptors (Lipinski definition) is 3. The second-order valence-electron chi connectivity index (χ2n) is 4.31. The molecule has 1 amide bonds. The van der Waals surface area contributed by atoms with Crippen LogP contribution in [0, 0.1) is 5.92 Å². The first-order chi connectivity index (χ1) is 8.17. The molecule has 0 saturated carbocycles. The Bertz CT molecular complexity index is 349. The van der Waals surface area contributed by atoms with Crippen LogP contribution in [0.4, 0.5) is 0 Å². The van der Waals surface area contributed by atoms with Crippen molar-refractivity contribution >= 4 is 17.2 Å². The first kappa shape index (κ1) is 14.2. The van der Waals surface area contributed by atoms with E-state index >= 15 is 0 Å². The highest BCUT2D eigenvalue weighted by molar-refractivity contribution is 7.14. The third-order valence-corrected chi connectivity index (χ3v) is 3.93. The summed E-state index contributed by atoms with van der Waals surface area (Å²) < 4.78 is 0. The van der Waals surface area contributed by atoms with Gasteiger partial charge >= 0.3 is 0 Å². The van der Waals surface area contributed by atoms with Gasteiger partial charge in [-0.05, 0) is 37.3 Å². The van der Waals surface area contributed by atoms with Gasteiger partial charge in [0.2, 0.25) is 0 Å². The fourth-order valence-corrected chi connectivity index (χ4v) is 2.38. The van der Waals surface area contributed by atoms with E-state index in [1.54, 1.807) is 11.3 Å². The van der Waals surface area contributed by atoms with Gasteiger partial charge in [0.25, 0.3) is 5.91 Å². The summed E-state index contributed by atoms with van der Waals surface area (Å²) in [6.45, 7) is 5.00. The van der Waals surface area contributed by atoms with Gasteiger partial charge in [-0.1, -0.05) is 13.8 Å². The molecule has 1 atom stereocenters. The van der Waals surface area contributed by atoms with Crippen LogP contribution in [0.25, 0.3) is 0 Å². The van der Waals surface area contributed by atoms with E-state index < -0.39 is 0 Å². The molecule has 0 radical (unpaired) electrons. The summed E-state index contributed by atoms with van der Waals surface area (Å²) in [6, 6.07) is 3.89. The zero-order valence-electron chi connectivity index (χ0n) is 10.5. The zero-order valence-corrected chi connectivity index (χ0v) is 11.3. The molecule has 0 fully saturated rings. The van der Waals surface area contributed by atoms with Crippen molar-refractivity contribution in [3.05, 3.63) is 21.9 Å². The molecular formula is C13H21NO2S. The van der Waals surface area contributed by atoms with E-state index in [2.05, 4.69) is 12.2 Å². The molecule has 0 aliphatic heterocycles. The third kappa shape index (κ3) is 4.88. The zero-order chi connectivity index (χ0) is 12.7. The first-order valence-electron chi connectivity index (χ1n) is 6.15. The fourth-order valence-electron chi connectivity index (χ4n) is 1.52. The first-order valence-corrected chi connectivity index (χ1v) is 6.96. The quantitative estimate of drug-likeness (QED) is 0.735. The molecule has 1 heterocycles. The Morgan fingerprint density at radius 1 is 1.53 bits per heavy atom. The van der Waals surface area contributed by atoms with Gasteiger partial charge in [0.15, 0.2) is 0 Å². The summed E-state index contributed by atoms with van der Waals surface area (Å²) in [4.78, 5) is 13.8. The van der Waals surface area contributed by atoms with Gasteiger partial charge in [-0.3, -0.25) is 4.79 Å². The number of carbonyl (C=O) groups excluding carboxylic acids is 1. The maximum Gasteiger partial charge on any atom is 0.261 e. The summed E-state index contributed by atoms with van der Waals surface area (Å²) in [5.41, 5.74) is 0. The largest absolute Gasteiger partial charge is 0.396 e. The molecule has 4 heteroatoms. The van der Waals surface area contributed by atoms with Crippen LogP contribution in [-0.2, 0) is 6.42 Å². The van der Waals surface area contributed by atoms with Crippen molar-refractivity contribution in [2.24, 2.45) is 5.92 Å². The van der Waals surface area contributed by atoms with Crippen molar-refractivity contribution in [2.75, 3.05) is 13.2 Å². The van der Waals surface area contributed by atoms with E-state index in [0.29, 0.717) is 12.5 Å². The Balaban J connectivity index is 2.25. The smallest absolute Gasteiger partial charge is 0.261 e. The standard InChI is InChI=1S/C13H21NO2S/c1-3-11-6-7-12(17-11)13(16)14-8-4-5-10(2)9-15/h6-7,10,15H,3-5,8-9H2,1-2H3,(H,14,16). The van der Waals surface area contributed by atoms with Gasteiger partial charge in [-0.25, -0.2) is 0 Å². The van der Waals surface area contributed by atoms with Crippen molar-refractivity contribution in [1.29, 1.82) is 0 Å². The van der Waals surface area contributed by atoms with Crippen molar-refractivity contribution in [3.8, 4) is 0 Å². The summed E-state index contributed by atoms with van der Waals surface area (Å²) in [6.07, 6.45) is 2.84. The molecule has 0 saturated heterocycles. The number of aliphatic hydroxyl groups is 1. The molecule has 17 heavy (non-hydrogen) atoms. The van der Waals surface area contributed by atoms with Gasteiger partial charge in [-0.15, -0.1) is 11.3 Å².